The molecule has 18 heavy (non-hydrogen) atoms. The van der Waals surface area contributed by atoms with E-state index < -0.39 is 0 Å². The second kappa shape index (κ2) is 5.51. The van der Waals surface area contributed by atoms with Gasteiger partial charge in [-0.05, 0) is 30.7 Å². The first kappa shape index (κ1) is 12.4. The van der Waals surface area contributed by atoms with E-state index in [4.69, 9.17) is 10.5 Å². The predicted octanol–water partition coefficient (Wildman–Crippen LogP) is 2.85. The third-order valence-electron chi connectivity index (χ3n) is 2.70. The van der Waals surface area contributed by atoms with Crippen molar-refractivity contribution in [2.75, 3.05) is 12.4 Å². The Labute approximate surface area is 107 Å². The number of para-hydroxylation sites is 1. The standard InChI is InChI=1S/C14H17N3O/c1-10(15)11-6-3-4-7-12(11)17-14-13(18-2)8-5-9-16-14/h3-10H,15H2,1-2H3,(H,16,17). The highest BCUT2D eigenvalue weighted by molar-refractivity contribution is 5.65. The van der Waals surface area contributed by atoms with Crippen LogP contribution in [0.15, 0.2) is 42.6 Å². The normalized spacial score (nSPS) is 11.9. The zero-order chi connectivity index (χ0) is 13.0. The van der Waals surface area contributed by atoms with E-state index in [-0.39, 0.29) is 6.04 Å². The minimum Gasteiger partial charge on any atom is -0.493 e. The zero-order valence-electron chi connectivity index (χ0n) is 10.6. The summed E-state index contributed by atoms with van der Waals surface area (Å²) in [6.07, 6.45) is 1.72. The number of nitrogens with two attached hydrogens (primary N) is 1. The Morgan fingerprint density at radius 2 is 2.00 bits per heavy atom. The SMILES string of the molecule is COc1cccnc1Nc1ccccc1C(C)N. The molecule has 1 atom stereocenters. The Hall–Kier alpha value is -2.07. The minimum atomic E-state index is -0.0385. The molecule has 1 aromatic carbocycles. The maximum Gasteiger partial charge on any atom is 0.173 e. The van der Waals surface area contributed by atoms with Gasteiger partial charge < -0.3 is 15.8 Å². The summed E-state index contributed by atoms with van der Waals surface area (Å²) in [5, 5.41) is 3.26. The monoisotopic (exact) mass is 243 g/mol. The van der Waals surface area contributed by atoms with Crippen molar-refractivity contribution in [3.05, 3.63) is 48.2 Å². The summed E-state index contributed by atoms with van der Waals surface area (Å²) in [6, 6.07) is 11.6. The number of nitrogens with one attached hydrogen (secondary N) is 1. The van der Waals surface area contributed by atoms with Crippen molar-refractivity contribution in [2.24, 2.45) is 5.73 Å². The first-order valence-corrected chi connectivity index (χ1v) is 5.83. The van der Waals surface area contributed by atoms with Crippen LogP contribution < -0.4 is 15.8 Å². The zero-order valence-corrected chi connectivity index (χ0v) is 10.6. The van der Waals surface area contributed by atoms with Crippen molar-refractivity contribution in [3.8, 4) is 5.75 Å². The molecule has 0 aliphatic heterocycles. The maximum atomic E-state index is 5.95. The minimum absolute atomic E-state index is 0.0385. The van der Waals surface area contributed by atoms with Crippen LogP contribution in [0.25, 0.3) is 0 Å². The molecule has 4 nitrogen and oxygen atoms in total. The number of ether oxygens (including phenoxy) is 1. The van der Waals surface area contributed by atoms with Gasteiger partial charge in [-0.2, -0.15) is 0 Å². The van der Waals surface area contributed by atoms with Gasteiger partial charge >= 0.3 is 0 Å². The molecule has 2 aromatic rings. The van der Waals surface area contributed by atoms with E-state index in [1.54, 1.807) is 13.3 Å². The molecule has 0 bridgehead atoms. The number of anilines is 2. The fourth-order valence-electron chi connectivity index (χ4n) is 1.78. The summed E-state index contributed by atoms with van der Waals surface area (Å²) < 4.78 is 5.26. The van der Waals surface area contributed by atoms with E-state index in [9.17, 15) is 0 Å². The van der Waals surface area contributed by atoms with Gasteiger partial charge in [0.1, 0.15) is 0 Å². The molecule has 0 aliphatic rings. The van der Waals surface area contributed by atoms with Crippen LogP contribution in [0.3, 0.4) is 0 Å². The smallest absolute Gasteiger partial charge is 0.173 e. The molecule has 94 valence electrons. The molecular weight excluding hydrogens is 226 g/mol. The Balaban J connectivity index is 2.34. The number of aromatic nitrogens is 1. The van der Waals surface area contributed by atoms with Crippen LogP contribution in [-0.2, 0) is 0 Å². The van der Waals surface area contributed by atoms with Gasteiger partial charge in [0.2, 0.25) is 0 Å². The predicted molar refractivity (Wildman–Crippen MR) is 73.1 cm³/mol. The van der Waals surface area contributed by atoms with Crippen molar-refractivity contribution in [3.63, 3.8) is 0 Å². The first-order chi connectivity index (χ1) is 8.72. The van der Waals surface area contributed by atoms with Crippen molar-refractivity contribution >= 4 is 11.5 Å². The summed E-state index contributed by atoms with van der Waals surface area (Å²) in [6.45, 7) is 1.95. The largest absolute Gasteiger partial charge is 0.493 e. The number of nitrogens with zero attached hydrogens (tertiary/aromatic N) is 1. The average Bonchev–Trinajstić information content (AvgIpc) is 2.40. The molecule has 0 aliphatic carbocycles. The van der Waals surface area contributed by atoms with Gasteiger partial charge in [-0.25, -0.2) is 4.98 Å². The van der Waals surface area contributed by atoms with Crippen LogP contribution in [0.1, 0.15) is 18.5 Å². The highest BCUT2D eigenvalue weighted by atomic mass is 16.5. The van der Waals surface area contributed by atoms with Crippen molar-refractivity contribution < 1.29 is 4.74 Å². The van der Waals surface area contributed by atoms with Gasteiger partial charge in [0, 0.05) is 17.9 Å². The molecule has 2 rings (SSSR count). The molecule has 1 unspecified atom stereocenters. The van der Waals surface area contributed by atoms with E-state index >= 15 is 0 Å². The lowest BCUT2D eigenvalue weighted by Gasteiger charge is -2.15. The lowest BCUT2D eigenvalue weighted by molar-refractivity contribution is 0.415. The molecule has 0 radical (unpaired) electrons. The van der Waals surface area contributed by atoms with Gasteiger partial charge in [-0.3, -0.25) is 0 Å². The van der Waals surface area contributed by atoms with E-state index in [1.165, 1.54) is 0 Å². The third-order valence-corrected chi connectivity index (χ3v) is 2.70. The Morgan fingerprint density at radius 3 is 2.72 bits per heavy atom. The first-order valence-electron chi connectivity index (χ1n) is 5.83. The van der Waals surface area contributed by atoms with Gasteiger partial charge in [0.25, 0.3) is 0 Å². The van der Waals surface area contributed by atoms with Crippen LogP contribution in [0, 0.1) is 0 Å². The highest BCUT2D eigenvalue weighted by Gasteiger charge is 2.09. The summed E-state index contributed by atoms with van der Waals surface area (Å²) in [4.78, 5) is 4.27. The lowest BCUT2D eigenvalue weighted by Crippen LogP contribution is -2.08. The van der Waals surface area contributed by atoms with Gasteiger partial charge in [-0.1, -0.05) is 18.2 Å². The number of methoxy groups -OCH3 is 1. The molecule has 0 saturated carbocycles. The van der Waals surface area contributed by atoms with Crippen molar-refractivity contribution in [2.45, 2.75) is 13.0 Å². The fourth-order valence-corrected chi connectivity index (χ4v) is 1.78. The second-order valence-electron chi connectivity index (χ2n) is 4.06. The molecule has 1 heterocycles. The van der Waals surface area contributed by atoms with Gasteiger partial charge in [0.15, 0.2) is 11.6 Å². The van der Waals surface area contributed by atoms with E-state index in [1.807, 2.05) is 43.3 Å². The molecule has 3 N–H and O–H groups in total. The Morgan fingerprint density at radius 1 is 1.22 bits per heavy atom. The number of hydrogen-bond acceptors (Lipinski definition) is 4. The van der Waals surface area contributed by atoms with E-state index in [0.29, 0.717) is 11.6 Å². The molecule has 0 spiro atoms. The van der Waals surface area contributed by atoms with Crippen LogP contribution in [0.4, 0.5) is 11.5 Å². The Bertz CT molecular complexity index is 526. The number of rotatable bonds is 4. The number of hydrogen-bond donors (Lipinski definition) is 2. The summed E-state index contributed by atoms with van der Waals surface area (Å²) in [5.74, 6) is 1.39. The molecule has 4 heteroatoms. The maximum absolute atomic E-state index is 5.95. The van der Waals surface area contributed by atoms with Crippen LogP contribution in [0.5, 0.6) is 5.75 Å². The van der Waals surface area contributed by atoms with Gasteiger partial charge in [-0.15, -0.1) is 0 Å². The van der Waals surface area contributed by atoms with Crippen molar-refractivity contribution in [1.82, 2.24) is 4.98 Å². The average molecular weight is 243 g/mol. The number of benzene rings is 1. The topological polar surface area (TPSA) is 60.2 Å². The third kappa shape index (κ3) is 2.60. The summed E-state index contributed by atoms with van der Waals surface area (Å²) >= 11 is 0. The molecular formula is C14H17N3O. The molecule has 0 saturated heterocycles. The van der Waals surface area contributed by atoms with Crippen LogP contribution in [0.2, 0.25) is 0 Å². The van der Waals surface area contributed by atoms with Crippen LogP contribution >= 0.6 is 0 Å². The molecule has 0 amide bonds. The lowest BCUT2D eigenvalue weighted by atomic mass is 10.1. The van der Waals surface area contributed by atoms with Crippen LogP contribution in [-0.4, -0.2) is 12.1 Å². The molecule has 0 fully saturated rings. The quantitative estimate of drug-likeness (QED) is 0.866. The van der Waals surface area contributed by atoms with Crippen molar-refractivity contribution in [1.29, 1.82) is 0 Å². The summed E-state index contributed by atoms with van der Waals surface area (Å²) in [7, 11) is 1.62. The fraction of sp³-hybridized carbons (Fsp3) is 0.214. The van der Waals surface area contributed by atoms with E-state index in [2.05, 4.69) is 10.3 Å². The number of pyridine rings is 1. The van der Waals surface area contributed by atoms with E-state index in [0.717, 1.165) is 11.3 Å². The second-order valence-corrected chi connectivity index (χ2v) is 4.06. The highest BCUT2D eigenvalue weighted by Crippen LogP contribution is 2.28. The van der Waals surface area contributed by atoms with Gasteiger partial charge in [0.05, 0.1) is 7.11 Å². The Kier molecular flexibility index (Phi) is 3.79. The molecule has 1 aromatic heterocycles. The summed E-state index contributed by atoms with van der Waals surface area (Å²) in [5.41, 5.74) is 7.94.